The molecule has 6 nitrogen and oxygen atoms in total. The van der Waals surface area contributed by atoms with Gasteiger partial charge in [0.15, 0.2) is 0 Å². The summed E-state index contributed by atoms with van der Waals surface area (Å²) in [5.74, 6) is 0.584. The first-order chi connectivity index (χ1) is 11.5. The van der Waals surface area contributed by atoms with Crippen molar-refractivity contribution >= 4 is 17.4 Å². The summed E-state index contributed by atoms with van der Waals surface area (Å²) in [5.41, 5.74) is 0.459. The number of rotatable bonds is 4. The predicted octanol–water partition coefficient (Wildman–Crippen LogP) is 2.25. The fraction of sp³-hybridized carbons (Fsp3) is 0.824. The summed E-state index contributed by atoms with van der Waals surface area (Å²) in [6.07, 6.45) is 4.31. The molecule has 1 aromatic rings. The molecule has 1 N–H and O–H groups in total. The number of aromatic nitrogens is 2. The molecule has 1 spiro atoms. The second kappa shape index (κ2) is 7.45. The molecule has 2 heterocycles. The third-order valence-corrected chi connectivity index (χ3v) is 5.88. The molecule has 134 valence electrons. The van der Waals surface area contributed by atoms with Crippen LogP contribution in [0.4, 0.5) is 0 Å². The van der Waals surface area contributed by atoms with Crippen molar-refractivity contribution < 1.29 is 9.53 Å². The van der Waals surface area contributed by atoms with Crippen molar-refractivity contribution in [1.29, 1.82) is 0 Å². The Morgan fingerprint density at radius 2 is 2.33 bits per heavy atom. The van der Waals surface area contributed by atoms with E-state index in [2.05, 4.69) is 33.7 Å². The highest BCUT2D eigenvalue weighted by Crippen LogP contribution is 2.35. The summed E-state index contributed by atoms with van der Waals surface area (Å²) in [6, 6.07) is 0.0650. The van der Waals surface area contributed by atoms with Crippen LogP contribution in [0.1, 0.15) is 54.9 Å². The van der Waals surface area contributed by atoms with Crippen molar-refractivity contribution in [2.24, 2.45) is 5.92 Å². The lowest BCUT2D eigenvalue weighted by Gasteiger charge is -2.50. The maximum atomic E-state index is 12.6. The standard InChI is InChI=1S/C17H28N4O2S/c1-12(2)10-21-8-9-23-17(11-21)7-5-4-6-14(17)18-16(22)15-13(3)19-20-24-15/h12,14H,4-11H2,1-3H3,(H,18,22)/t14-,17+/m1/s1. The van der Waals surface area contributed by atoms with Crippen LogP contribution in [0.15, 0.2) is 0 Å². The van der Waals surface area contributed by atoms with E-state index in [0.717, 1.165) is 45.5 Å². The molecule has 1 saturated heterocycles. The summed E-state index contributed by atoms with van der Waals surface area (Å²) in [7, 11) is 0. The number of nitrogens with zero attached hydrogens (tertiary/aromatic N) is 3. The summed E-state index contributed by atoms with van der Waals surface area (Å²) >= 11 is 1.17. The molecule has 0 unspecified atom stereocenters. The molecular formula is C17H28N4O2S. The van der Waals surface area contributed by atoms with Gasteiger partial charge in [0, 0.05) is 19.6 Å². The van der Waals surface area contributed by atoms with E-state index in [9.17, 15) is 4.79 Å². The molecule has 1 aliphatic heterocycles. The number of carbonyl (C=O) groups excluding carboxylic acids is 1. The summed E-state index contributed by atoms with van der Waals surface area (Å²) in [5, 5.41) is 7.18. The molecule has 1 saturated carbocycles. The summed E-state index contributed by atoms with van der Waals surface area (Å²) < 4.78 is 10.2. The number of hydrogen-bond acceptors (Lipinski definition) is 6. The molecule has 0 aromatic carbocycles. The first-order valence-electron chi connectivity index (χ1n) is 8.96. The number of morpholine rings is 1. The largest absolute Gasteiger partial charge is 0.370 e. The highest BCUT2D eigenvalue weighted by Gasteiger charge is 2.46. The summed E-state index contributed by atoms with van der Waals surface area (Å²) in [4.78, 5) is 15.7. The highest BCUT2D eigenvalue weighted by molar-refractivity contribution is 7.08. The van der Waals surface area contributed by atoms with Gasteiger partial charge in [0.1, 0.15) is 10.5 Å². The Balaban J connectivity index is 1.73. The summed E-state index contributed by atoms with van der Waals surface area (Å²) in [6.45, 7) is 10.1. The van der Waals surface area contributed by atoms with Crippen LogP contribution in [0.2, 0.25) is 0 Å². The number of hydrogen-bond donors (Lipinski definition) is 1. The van der Waals surface area contributed by atoms with Crippen LogP contribution in [-0.2, 0) is 4.74 Å². The average molecular weight is 353 g/mol. The van der Waals surface area contributed by atoms with Crippen LogP contribution in [0.25, 0.3) is 0 Å². The molecule has 7 heteroatoms. The van der Waals surface area contributed by atoms with E-state index < -0.39 is 0 Å². The Hall–Kier alpha value is -1.05. The number of nitrogens with one attached hydrogen (secondary N) is 1. The zero-order valence-corrected chi connectivity index (χ0v) is 15.7. The first-order valence-corrected chi connectivity index (χ1v) is 9.73. The molecule has 2 aliphatic rings. The third-order valence-electron chi connectivity index (χ3n) is 5.05. The SMILES string of the molecule is Cc1nnsc1C(=O)N[C@@H]1CCCC[C@]12CN(CC(C)C)CCO2. The number of aryl methyl sites for hydroxylation is 1. The maximum Gasteiger partial charge on any atom is 0.265 e. The van der Waals surface area contributed by atoms with Crippen LogP contribution < -0.4 is 5.32 Å². The molecule has 3 rings (SSSR count). The van der Waals surface area contributed by atoms with E-state index >= 15 is 0 Å². The van der Waals surface area contributed by atoms with Crippen LogP contribution in [0, 0.1) is 12.8 Å². The maximum absolute atomic E-state index is 12.6. The van der Waals surface area contributed by atoms with Gasteiger partial charge < -0.3 is 10.1 Å². The monoisotopic (exact) mass is 352 g/mol. The molecule has 0 bridgehead atoms. The van der Waals surface area contributed by atoms with Gasteiger partial charge in [-0.05, 0) is 37.2 Å². The number of carbonyl (C=O) groups is 1. The van der Waals surface area contributed by atoms with Crippen molar-refractivity contribution in [3.05, 3.63) is 10.6 Å². The van der Waals surface area contributed by atoms with Gasteiger partial charge >= 0.3 is 0 Å². The second-order valence-corrected chi connectivity index (χ2v) is 8.26. The predicted molar refractivity (Wildman–Crippen MR) is 94.3 cm³/mol. The minimum absolute atomic E-state index is 0.0571. The second-order valence-electron chi connectivity index (χ2n) is 7.50. The van der Waals surface area contributed by atoms with Gasteiger partial charge in [-0.25, -0.2) is 0 Å². The minimum atomic E-state index is -0.243. The highest BCUT2D eigenvalue weighted by atomic mass is 32.1. The van der Waals surface area contributed by atoms with Gasteiger partial charge in [0.05, 0.1) is 18.3 Å². The Kier molecular flexibility index (Phi) is 5.52. The van der Waals surface area contributed by atoms with E-state index in [1.54, 1.807) is 0 Å². The number of amides is 1. The molecular weight excluding hydrogens is 324 g/mol. The van der Waals surface area contributed by atoms with Gasteiger partial charge in [-0.3, -0.25) is 9.69 Å². The van der Waals surface area contributed by atoms with Gasteiger partial charge in [0.25, 0.3) is 5.91 Å². The average Bonchev–Trinajstić information content (AvgIpc) is 2.95. The Bertz CT molecular complexity index is 573. The van der Waals surface area contributed by atoms with Gasteiger partial charge in [-0.15, -0.1) is 5.10 Å². The van der Waals surface area contributed by atoms with Crippen molar-refractivity contribution in [2.75, 3.05) is 26.2 Å². The quantitative estimate of drug-likeness (QED) is 0.900. The molecule has 1 amide bonds. The molecule has 1 aromatic heterocycles. The van der Waals surface area contributed by atoms with Crippen molar-refractivity contribution in [3.63, 3.8) is 0 Å². The fourth-order valence-electron chi connectivity index (χ4n) is 3.99. The van der Waals surface area contributed by atoms with E-state index in [0.29, 0.717) is 16.5 Å². The van der Waals surface area contributed by atoms with Gasteiger partial charge in [0.2, 0.25) is 0 Å². The lowest BCUT2D eigenvalue weighted by Crippen LogP contribution is -2.64. The lowest BCUT2D eigenvalue weighted by atomic mass is 9.78. The van der Waals surface area contributed by atoms with Crippen molar-refractivity contribution in [2.45, 2.75) is 58.1 Å². The first kappa shape index (κ1) is 17.8. The third kappa shape index (κ3) is 3.78. The zero-order chi connectivity index (χ0) is 17.2. The van der Waals surface area contributed by atoms with E-state index in [-0.39, 0.29) is 17.6 Å². The van der Waals surface area contributed by atoms with E-state index in [1.165, 1.54) is 18.0 Å². The van der Waals surface area contributed by atoms with Crippen molar-refractivity contribution in [3.8, 4) is 0 Å². The molecule has 24 heavy (non-hydrogen) atoms. The fourth-order valence-corrected chi connectivity index (χ4v) is 4.55. The minimum Gasteiger partial charge on any atom is -0.370 e. The molecule has 2 fully saturated rings. The topological polar surface area (TPSA) is 67.4 Å². The molecule has 1 aliphatic carbocycles. The smallest absolute Gasteiger partial charge is 0.265 e. The van der Waals surface area contributed by atoms with E-state index in [4.69, 9.17) is 4.74 Å². The van der Waals surface area contributed by atoms with Gasteiger partial charge in [-0.1, -0.05) is 31.2 Å². The van der Waals surface area contributed by atoms with E-state index in [1.807, 2.05) is 6.92 Å². The van der Waals surface area contributed by atoms with Crippen molar-refractivity contribution in [1.82, 2.24) is 19.8 Å². The number of ether oxygens (including phenoxy) is 1. The Morgan fingerprint density at radius 3 is 3.04 bits per heavy atom. The van der Waals surface area contributed by atoms with Crippen LogP contribution in [-0.4, -0.2) is 58.3 Å². The Labute approximate surface area is 148 Å². The zero-order valence-electron chi connectivity index (χ0n) is 14.9. The normalized spacial score (nSPS) is 28.4. The van der Waals surface area contributed by atoms with Gasteiger partial charge in [-0.2, -0.15) is 0 Å². The molecule has 0 radical (unpaired) electrons. The Morgan fingerprint density at radius 1 is 1.50 bits per heavy atom. The van der Waals surface area contributed by atoms with Crippen LogP contribution in [0.3, 0.4) is 0 Å². The van der Waals surface area contributed by atoms with Crippen LogP contribution >= 0.6 is 11.5 Å². The lowest BCUT2D eigenvalue weighted by molar-refractivity contribution is -0.142. The molecule has 2 atom stereocenters. The van der Waals surface area contributed by atoms with Crippen LogP contribution in [0.5, 0.6) is 0 Å².